The third-order valence-corrected chi connectivity index (χ3v) is 11.1. The number of piperidine rings is 1. The number of carbonyl (C=O) groups excluding carboxylic acids is 1. The second-order valence-electron chi connectivity index (χ2n) is 12.4. The summed E-state index contributed by atoms with van der Waals surface area (Å²) in [6.45, 7) is 11.6. The van der Waals surface area contributed by atoms with Gasteiger partial charge in [-0.15, -0.1) is 11.8 Å². The Hall–Kier alpha value is -2.71. The number of likely N-dealkylation sites (N-methyl/N-ethyl adjacent to an activating group) is 1. The van der Waals surface area contributed by atoms with Crippen LogP contribution in [0.5, 0.6) is 0 Å². The summed E-state index contributed by atoms with van der Waals surface area (Å²) < 4.78 is 0. The normalized spacial score (nSPS) is 23.7. The smallest absolute Gasteiger partial charge is 0.239 e. The van der Waals surface area contributed by atoms with Gasteiger partial charge in [0.2, 0.25) is 5.91 Å². The molecule has 42 heavy (non-hydrogen) atoms. The number of hydrogen-bond acceptors (Lipinski definition) is 6. The molecule has 1 aliphatic carbocycles. The van der Waals surface area contributed by atoms with E-state index in [1.54, 1.807) is 0 Å². The lowest BCUT2D eigenvalue weighted by molar-refractivity contribution is -0.137. The van der Waals surface area contributed by atoms with Gasteiger partial charge in [-0.3, -0.25) is 14.6 Å². The standard InChI is InChI=1S/C35H43N5OS/c1-2-37-17-19-38(20-18-37)29-12-15-39(16-13-29)35(41)33-23-30(42-34-9-5-6-14-36-34)25-40(33)24-26-10-11-32-28(21-26)22-27-7-3-4-8-31(27)32/h3-11,14,21,29-30,33H,2,12-13,15-20,22-25H2,1H3/t30-,33-/m0/s1. The highest BCUT2D eigenvalue weighted by atomic mass is 32.2. The minimum Gasteiger partial charge on any atom is -0.341 e. The average molecular weight is 582 g/mol. The number of likely N-dealkylation sites (tertiary alicyclic amines) is 2. The number of nitrogens with zero attached hydrogens (tertiary/aromatic N) is 5. The van der Waals surface area contributed by atoms with Crippen LogP contribution in [0.1, 0.15) is 42.9 Å². The van der Waals surface area contributed by atoms with Crippen molar-refractivity contribution in [3.8, 4) is 11.1 Å². The molecule has 0 unspecified atom stereocenters. The number of hydrogen-bond donors (Lipinski definition) is 0. The summed E-state index contributed by atoms with van der Waals surface area (Å²) in [7, 11) is 0. The zero-order valence-electron chi connectivity index (χ0n) is 24.8. The van der Waals surface area contributed by atoms with Crippen LogP contribution >= 0.6 is 11.8 Å². The van der Waals surface area contributed by atoms with Crippen LogP contribution in [0.3, 0.4) is 0 Å². The van der Waals surface area contributed by atoms with E-state index >= 15 is 0 Å². The zero-order valence-corrected chi connectivity index (χ0v) is 25.6. The Morgan fingerprint density at radius 1 is 0.905 bits per heavy atom. The van der Waals surface area contributed by atoms with E-state index in [-0.39, 0.29) is 6.04 Å². The average Bonchev–Trinajstić information content (AvgIpc) is 3.61. The van der Waals surface area contributed by atoms with Gasteiger partial charge in [-0.2, -0.15) is 0 Å². The minimum atomic E-state index is -0.0682. The van der Waals surface area contributed by atoms with Crippen LogP contribution < -0.4 is 0 Å². The van der Waals surface area contributed by atoms with Gasteiger partial charge in [0.15, 0.2) is 0 Å². The maximum Gasteiger partial charge on any atom is 0.239 e. The van der Waals surface area contributed by atoms with E-state index in [9.17, 15) is 4.79 Å². The van der Waals surface area contributed by atoms with E-state index in [0.717, 1.165) is 63.4 Å². The third kappa shape index (κ3) is 5.89. The number of benzene rings is 2. The summed E-state index contributed by atoms with van der Waals surface area (Å²) in [4.78, 5) is 28.6. The van der Waals surface area contributed by atoms with Gasteiger partial charge in [0, 0.05) is 69.8 Å². The molecule has 0 N–H and O–H groups in total. The van der Waals surface area contributed by atoms with Gasteiger partial charge in [-0.1, -0.05) is 55.5 Å². The van der Waals surface area contributed by atoms with Crippen molar-refractivity contribution in [3.05, 3.63) is 83.6 Å². The predicted molar refractivity (Wildman–Crippen MR) is 171 cm³/mol. The van der Waals surface area contributed by atoms with Crippen molar-refractivity contribution in [2.45, 2.75) is 61.5 Å². The van der Waals surface area contributed by atoms with E-state index in [1.807, 2.05) is 24.0 Å². The van der Waals surface area contributed by atoms with Gasteiger partial charge in [-0.25, -0.2) is 4.98 Å². The number of amides is 1. The van der Waals surface area contributed by atoms with Gasteiger partial charge in [0.25, 0.3) is 0 Å². The van der Waals surface area contributed by atoms with Crippen molar-refractivity contribution in [1.82, 2.24) is 24.6 Å². The molecule has 3 aliphatic heterocycles. The molecule has 3 saturated heterocycles. The fourth-order valence-electron chi connectivity index (χ4n) is 7.60. The van der Waals surface area contributed by atoms with Gasteiger partial charge >= 0.3 is 0 Å². The topological polar surface area (TPSA) is 42.9 Å². The Kier molecular flexibility index (Phi) is 8.35. The lowest BCUT2D eigenvalue weighted by Gasteiger charge is -2.43. The second-order valence-corrected chi connectivity index (χ2v) is 13.8. The molecule has 7 heteroatoms. The minimum absolute atomic E-state index is 0.0682. The molecule has 2 atom stereocenters. The second kappa shape index (κ2) is 12.5. The number of fused-ring (bicyclic) bond motifs is 3. The summed E-state index contributed by atoms with van der Waals surface area (Å²) in [6, 6.07) is 22.4. The molecule has 3 aromatic rings. The number of aromatic nitrogens is 1. The Morgan fingerprint density at radius 3 is 2.48 bits per heavy atom. The molecule has 1 amide bonds. The summed E-state index contributed by atoms with van der Waals surface area (Å²) in [6.07, 6.45) is 5.95. The van der Waals surface area contributed by atoms with Crippen LogP contribution in [0.25, 0.3) is 11.1 Å². The SMILES string of the molecule is CCN1CCN(C2CCN(C(=O)[C@@H]3C[C@H](Sc4ccccn4)CN3Cc3ccc4c(c3)Cc3ccccc3-4)CC2)CC1. The quantitative estimate of drug-likeness (QED) is 0.306. The Morgan fingerprint density at radius 2 is 1.69 bits per heavy atom. The number of piperazine rings is 1. The van der Waals surface area contributed by atoms with E-state index < -0.39 is 0 Å². The number of carbonyl (C=O) groups is 1. The van der Waals surface area contributed by atoms with Crippen LogP contribution in [0.4, 0.5) is 0 Å². The Labute approximate surface area is 255 Å². The maximum atomic E-state index is 14.1. The highest BCUT2D eigenvalue weighted by molar-refractivity contribution is 7.99. The molecule has 0 bridgehead atoms. The van der Waals surface area contributed by atoms with E-state index in [2.05, 4.69) is 86.1 Å². The summed E-state index contributed by atoms with van der Waals surface area (Å²) in [5, 5.41) is 1.41. The molecule has 4 aliphatic rings. The first-order valence-electron chi connectivity index (χ1n) is 15.9. The van der Waals surface area contributed by atoms with Crippen LogP contribution in [0.2, 0.25) is 0 Å². The molecule has 3 fully saturated rings. The first-order valence-corrected chi connectivity index (χ1v) is 16.8. The van der Waals surface area contributed by atoms with Crippen LogP contribution in [-0.4, -0.2) is 100 Å². The van der Waals surface area contributed by atoms with Crippen molar-refractivity contribution in [3.63, 3.8) is 0 Å². The molecule has 0 radical (unpaired) electrons. The van der Waals surface area contributed by atoms with Gasteiger partial charge < -0.3 is 9.80 Å². The lowest BCUT2D eigenvalue weighted by atomic mass is 10.0. The highest BCUT2D eigenvalue weighted by Gasteiger charge is 2.40. The van der Waals surface area contributed by atoms with Crippen molar-refractivity contribution in [2.75, 3.05) is 52.4 Å². The monoisotopic (exact) mass is 581 g/mol. The Balaban J connectivity index is 1.03. The maximum absolute atomic E-state index is 14.1. The first-order chi connectivity index (χ1) is 20.6. The van der Waals surface area contributed by atoms with Crippen molar-refractivity contribution >= 4 is 17.7 Å². The van der Waals surface area contributed by atoms with Crippen molar-refractivity contribution in [1.29, 1.82) is 0 Å². The van der Waals surface area contributed by atoms with Crippen LogP contribution in [0, 0.1) is 0 Å². The summed E-state index contributed by atoms with van der Waals surface area (Å²) >= 11 is 1.83. The molecule has 0 spiro atoms. The van der Waals surface area contributed by atoms with Crippen molar-refractivity contribution in [2.24, 2.45) is 0 Å². The fourth-order valence-corrected chi connectivity index (χ4v) is 8.77. The molecule has 7 rings (SSSR count). The molecule has 0 saturated carbocycles. The third-order valence-electron chi connectivity index (χ3n) is 9.97. The number of thioether (sulfide) groups is 1. The van der Waals surface area contributed by atoms with E-state index in [1.165, 1.54) is 54.0 Å². The van der Waals surface area contributed by atoms with Gasteiger partial charge in [0.1, 0.15) is 0 Å². The molecule has 4 heterocycles. The van der Waals surface area contributed by atoms with Crippen LogP contribution in [-0.2, 0) is 17.8 Å². The van der Waals surface area contributed by atoms with E-state index in [0.29, 0.717) is 17.2 Å². The first kappa shape index (κ1) is 28.1. The molecular formula is C35H43N5OS. The predicted octanol–water partition coefficient (Wildman–Crippen LogP) is 5.02. The largest absolute Gasteiger partial charge is 0.341 e. The summed E-state index contributed by atoms with van der Waals surface area (Å²) in [5.74, 6) is 0.335. The van der Waals surface area contributed by atoms with Gasteiger partial charge in [-0.05, 0) is 72.2 Å². The van der Waals surface area contributed by atoms with Crippen molar-refractivity contribution < 1.29 is 4.79 Å². The molecule has 2 aromatic carbocycles. The van der Waals surface area contributed by atoms with Crippen LogP contribution in [0.15, 0.2) is 71.9 Å². The molecule has 220 valence electrons. The lowest BCUT2D eigenvalue weighted by Crippen LogP contribution is -2.55. The Bertz CT molecular complexity index is 1380. The molecule has 1 aromatic heterocycles. The zero-order chi connectivity index (χ0) is 28.5. The highest BCUT2D eigenvalue weighted by Crippen LogP contribution is 2.38. The molecule has 6 nitrogen and oxygen atoms in total. The van der Waals surface area contributed by atoms with Gasteiger partial charge in [0.05, 0.1) is 11.1 Å². The fraction of sp³-hybridized carbons (Fsp3) is 0.486. The summed E-state index contributed by atoms with van der Waals surface area (Å²) in [5.41, 5.74) is 6.88. The number of rotatable bonds is 7. The number of pyridine rings is 1. The van der Waals surface area contributed by atoms with E-state index in [4.69, 9.17) is 0 Å². The molecular weight excluding hydrogens is 538 g/mol.